The first-order chi connectivity index (χ1) is 10.1. The largest absolute Gasteiger partial charge is 0.494 e. The number of rotatable bonds is 5. The van der Waals surface area contributed by atoms with Crippen molar-refractivity contribution in [2.45, 2.75) is 26.3 Å². The predicted octanol–water partition coefficient (Wildman–Crippen LogP) is 1.57. The minimum absolute atomic E-state index is 0.0381. The minimum Gasteiger partial charge on any atom is -0.494 e. The van der Waals surface area contributed by atoms with E-state index in [1.807, 2.05) is 31.2 Å². The first kappa shape index (κ1) is 15.4. The van der Waals surface area contributed by atoms with E-state index in [0.717, 1.165) is 17.7 Å². The number of carbonyl (C=O) groups excluding carboxylic acids is 2. The maximum absolute atomic E-state index is 12.2. The standard InChI is InChI=1S/C16H22N2O3/c1-3-21-14-7-5-4-6-13(14)11-17-16(20)12-8-9-18(2)15(19)10-12/h4-7,12H,3,8-11H2,1-2H3,(H,17,20). The molecule has 1 unspecified atom stereocenters. The van der Waals surface area contributed by atoms with E-state index in [9.17, 15) is 9.59 Å². The summed E-state index contributed by atoms with van der Waals surface area (Å²) in [6, 6.07) is 7.66. The number of benzene rings is 1. The van der Waals surface area contributed by atoms with Gasteiger partial charge in [0.05, 0.1) is 6.61 Å². The summed E-state index contributed by atoms with van der Waals surface area (Å²) in [6.07, 6.45) is 1.02. The summed E-state index contributed by atoms with van der Waals surface area (Å²) in [6.45, 7) is 3.59. The van der Waals surface area contributed by atoms with Crippen molar-refractivity contribution in [2.24, 2.45) is 5.92 Å². The molecule has 1 aromatic rings. The lowest BCUT2D eigenvalue weighted by Crippen LogP contribution is -2.41. The van der Waals surface area contributed by atoms with Crippen LogP contribution in [0.1, 0.15) is 25.3 Å². The SMILES string of the molecule is CCOc1ccccc1CNC(=O)C1CCN(C)C(=O)C1. The third-order valence-corrected chi connectivity index (χ3v) is 3.76. The minimum atomic E-state index is -0.215. The van der Waals surface area contributed by atoms with Crippen molar-refractivity contribution in [3.63, 3.8) is 0 Å². The third-order valence-electron chi connectivity index (χ3n) is 3.76. The number of carbonyl (C=O) groups is 2. The Kier molecular flexibility index (Phi) is 5.20. The molecule has 114 valence electrons. The third kappa shape index (κ3) is 3.97. The zero-order valence-corrected chi connectivity index (χ0v) is 12.6. The number of hydrogen-bond acceptors (Lipinski definition) is 3. The van der Waals surface area contributed by atoms with Crippen molar-refractivity contribution in [1.29, 1.82) is 0 Å². The molecule has 1 heterocycles. The Bertz CT molecular complexity index is 516. The fourth-order valence-corrected chi connectivity index (χ4v) is 2.44. The molecule has 5 heteroatoms. The number of amides is 2. The molecule has 0 bridgehead atoms. The Morgan fingerprint density at radius 3 is 2.90 bits per heavy atom. The molecule has 1 atom stereocenters. The van der Waals surface area contributed by atoms with Crippen molar-refractivity contribution < 1.29 is 14.3 Å². The summed E-state index contributed by atoms with van der Waals surface area (Å²) in [5.41, 5.74) is 0.951. The number of nitrogens with zero attached hydrogens (tertiary/aromatic N) is 1. The Hall–Kier alpha value is -2.04. The van der Waals surface area contributed by atoms with E-state index in [2.05, 4.69) is 5.32 Å². The van der Waals surface area contributed by atoms with Crippen LogP contribution in [0.25, 0.3) is 0 Å². The molecular formula is C16H22N2O3. The highest BCUT2D eigenvalue weighted by atomic mass is 16.5. The monoisotopic (exact) mass is 290 g/mol. The molecule has 0 saturated carbocycles. The quantitative estimate of drug-likeness (QED) is 0.895. The van der Waals surface area contributed by atoms with E-state index in [0.29, 0.717) is 26.1 Å². The van der Waals surface area contributed by atoms with E-state index in [-0.39, 0.29) is 17.7 Å². The summed E-state index contributed by atoms with van der Waals surface area (Å²) < 4.78 is 5.53. The van der Waals surface area contributed by atoms with Gasteiger partial charge in [0.1, 0.15) is 5.75 Å². The summed E-state index contributed by atoms with van der Waals surface area (Å²) >= 11 is 0. The van der Waals surface area contributed by atoms with Gasteiger partial charge in [0.15, 0.2) is 0 Å². The molecule has 1 aliphatic rings. The molecule has 0 aliphatic carbocycles. The topological polar surface area (TPSA) is 58.6 Å². The second-order valence-corrected chi connectivity index (χ2v) is 5.26. The maximum atomic E-state index is 12.2. The summed E-state index contributed by atoms with van der Waals surface area (Å²) in [5.74, 6) is 0.562. The van der Waals surface area contributed by atoms with Gasteiger partial charge in [0, 0.05) is 38.0 Å². The van der Waals surface area contributed by atoms with Crippen LogP contribution in [0.4, 0.5) is 0 Å². The van der Waals surface area contributed by atoms with Crippen LogP contribution in [-0.2, 0) is 16.1 Å². The smallest absolute Gasteiger partial charge is 0.223 e. The maximum Gasteiger partial charge on any atom is 0.223 e. The Labute approximate surface area is 125 Å². The average Bonchev–Trinajstić information content (AvgIpc) is 2.49. The van der Waals surface area contributed by atoms with Crippen molar-refractivity contribution in [3.05, 3.63) is 29.8 Å². The van der Waals surface area contributed by atoms with Crippen LogP contribution >= 0.6 is 0 Å². The molecule has 1 aromatic carbocycles. The van der Waals surface area contributed by atoms with Gasteiger partial charge in [-0.15, -0.1) is 0 Å². The molecule has 1 saturated heterocycles. The summed E-state index contributed by atoms with van der Waals surface area (Å²) in [7, 11) is 1.77. The highest BCUT2D eigenvalue weighted by Gasteiger charge is 2.28. The lowest BCUT2D eigenvalue weighted by molar-refractivity contribution is -0.139. The molecule has 5 nitrogen and oxygen atoms in total. The van der Waals surface area contributed by atoms with Gasteiger partial charge in [-0.2, -0.15) is 0 Å². The fourth-order valence-electron chi connectivity index (χ4n) is 2.44. The summed E-state index contributed by atoms with van der Waals surface area (Å²) in [4.78, 5) is 25.5. The molecule has 0 aromatic heterocycles. The molecule has 1 aliphatic heterocycles. The van der Waals surface area contributed by atoms with Gasteiger partial charge in [-0.25, -0.2) is 0 Å². The van der Waals surface area contributed by atoms with E-state index < -0.39 is 0 Å². The number of hydrogen-bond donors (Lipinski definition) is 1. The van der Waals surface area contributed by atoms with Crippen LogP contribution in [0, 0.1) is 5.92 Å². The van der Waals surface area contributed by atoms with Crippen molar-refractivity contribution in [1.82, 2.24) is 10.2 Å². The Balaban J connectivity index is 1.91. The highest BCUT2D eigenvalue weighted by Crippen LogP contribution is 2.20. The molecule has 1 N–H and O–H groups in total. The molecule has 0 radical (unpaired) electrons. The summed E-state index contributed by atoms with van der Waals surface area (Å²) in [5, 5.41) is 2.91. The van der Waals surface area contributed by atoms with Crippen LogP contribution in [0.15, 0.2) is 24.3 Å². The van der Waals surface area contributed by atoms with Crippen LogP contribution in [0.2, 0.25) is 0 Å². The molecule has 1 fully saturated rings. The van der Waals surface area contributed by atoms with Gasteiger partial charge < -0.3 is 15.0 Å². The van der Waals surface area contributed by atoms with Gasteiger partial charge in [-0.05, 0) is 19.4 Å². The first-order valence-electron chi connectivity index (χ1n) is 7.34. The highest BCUT2D eigenvalue weighted by molar-refractivity contribution is 5.86. The molecule has 21 heavy (non-hydrogen) atoms. The zero-order valence-electron chi connectivity index (χ0n) is 12.6. The van der Waals surface area contributed by atoms with E-state index in [1.54, 1.807) is 11.9 Å². The van der Waals surface area contributed by atoms with Crippen LogP contribution in [0.5, 0.6) is 5.75 Å². The molecule has 2 rings (SSSR count). The molecule has 2 amide bonds. The van der Waals surface area contributed by atoms with Gasteiger partial charge >= 0.3 is 0 Å². The Morgan fingerprint density at radius 2 is 2.19 bits per heavy atom. The molecular weight excluding hydrogens is 268 g/mol. The lowest BCUT2D eigenvalue weighted by Gasteiger charge is -2.28. The van der Waals surface area contributed by atoms with Gasteiger partial charge in [0.2, 0.25) is 11.8 Å². The number of piperidine rings is 1. The number of para-hydroxylation sites is 1. The van der Waals surface area contributed by atoms with Crippen molar-refractivity contribution >= 4 is 11.8 Å². The first-order valence-corrected chi connectivity index (χ1v) is 7.34. The normalized spacial score (nSPS) is 18.5. The van der Waals surface area contributed by atoms with Crippen LogP contribution in [0.3, 0.4) is 0 Å². The van der Waals surface area contributed by atoms with E-state index in [1.165, 1.54) is 0 Å². The average molecular weight is 290 g/mol. The second-order valence-electron chi connectivity index (χ2n) is 5.26. The van der Waals surface area contributed by atoms with E-state index in [4.69, 9.17) is 4.74 Å². The number of likely N-dealkylation sites (tertiary alicyclic amines) is 1. The number of nitrogens with one attached hydrogen (secondary N) is 1. The zero-order chi connectivity index (χ0) is 15.2. The predicted molar refractivity (Wildman–Crippen MR) is 79.8 cm³/mol. The van der Waals surface area contributed by atoms with Gasteiger partial charge in [-0.1, -0.05) is 18.2 Å². The van der Waals surface area contributed by atoms with Gasteiger partial charge in [0.25, 0.3) is 0 Å². The second kappa shape index (κ2) is 7.11. The lowest BCUT2D eigenvalue weighted by atomic mass is 9.95. The Morgan fingerprint density at radius 1 is 1.43 bits per heavy atom. The van der Waals surface area contributed by atoms with E-state index >= 15 is 0 Å². The van der Waals surface area contributed by atoms with Crippen molar-refractivity contribution in [2.75, 3.05) is 20.2 Å². The van der Waals surface area contributed by atoms with Crippen molar-refractivity contribution in [3.8, 4) is 5.75 Å². The van der Waals surface area contributed by atoms with Crippen LogP contribution < -0.4 is 10.1 Å². The number of ether oxygens (including phenoxy) is 1. The molecule has 0 spiro atoms. The fraction of sp³-hybridized carbons (Fsp3) is 0.500. The van der Waals surface area contributed by atoms with Gasteiger partial charge in [-0.3, -0.25) is 9.59 Å². The van der Waals surface area contributed by atoms with Crippen LogP contribution in [-0.4, -0.2) is 36.9 Å².